The fourth-order valence-corrected chi connectivity index (χ4v) is 3.48. The Kier molecular flexibility index (Phi) is 7.75. The lowest BCUT2D eigenvalue weighted by atomic mass is 10.1. The van der Waals surface area contributed by atoms with E-state index in [0.29, 0.717) is 0 Å². The number of hydrogen-bond acceptors (Lipinski definition) is 2. The van der Waals surface area contributed by atoms with Crippen LogP contribution in [0.15, 0.2) is 66.7 Å². The Bertz CT molecular complexity index is 897. The second kappa shape index (κ2) is 10.7. The van der Waals surface area contributed by atoms with E-state index in [1.807, 2.05) is 24.3 Å². The summed E-state index contributed by atoms with van der Waals surface area (Å²) < 4.78 is 12.5. The van der Waals surface area contributed by atoms with Gasteiger partial charge in [0.1, 0.15) is 11.5 Å². The third-order valence-corrected chi connectivity index (χ3v) is 4.90. The highest BCUT2D eigenvalue weighted by molar-refractivity contribution is 5.48. The quantitative estimate of drug-likeness (QED) is 0.349. The van der Waals surface area contributed by atoms with Gasteiger partial charge in [-0.2, -0.15) is 0 Å². The molecule has 0 fully saturated rings. The zero-order valence-corrected chi connectivity index (χ0v) is 17.9. The molecule has 0 N–H and O–H groups in total. The number of hydrogen-bond donors (Lipinski definition) is 0. The first kappa shape index (κ1) is 21.0. The molecule has 0 saturated carbocycles. The molecule has 3 aromatic rings. The van der Waals surface area contributed by atoms with Crippen molar-refractivity contribution in [2.24, 2.45) is 0 Å². The summed E-state index contributed by atoms with van der Waals surface area (Å²) in [4.78, 5) is 0. The zero-order valence-electron chi connectivity index (χ0n) is 17.9. The minimum absolute atomic E-state index is 0.746. The van der Waals surface area contributed by atoms with Crippen molar-refractivity contribution < 1.29 is 9.47 Å². The minimum atomic E-state index is 0.746. The van der Waals surface area contributed by atoms with Gasteiger partial charge in [-0.15, -0.1) is 0 Å². The molecule has 0 spiro atoms. The first-order valence-corrected chi connectivity index (χ1v) is 10.9. The number of rotatable bonds is 10. The van der Waals surface area contributed by atoms with E-state index >= 15 is 0 Å². The lowest BCUT2D eigenvalue weighted by molar-refractivity contribution is 0.418. The molecular formula is C27H32O2. The van der Waals surface area contributed by atoms with Crippen molar-refractivity contribution >= 4 is 0 Å². The van der Waals surface area contributed by atoms with Gasteiger partial charge < -0.3 is 9.47 Å². The van der Waals surface area contributed by atoms with Gasteiger partial charge in [-0.3, -0.25) is 0 Å². The fourth-order valence-electron chi connectivity index (χ4n) is 3.48. The van der Waals surface area contributed by atoms with Crippen LogP contribution in [-0.4, -0.2) is 0 Å². The topological polar surface area (TPSA) is 18.5 Å². The van der Waals surface area contributed by atoms with Crippen LogP contribution in [0, 0.1) is 0 Å². The molecule has 3 aromatic carbocycles. The van der Waals surface area contributed by atoms with Gasteiger partial charge in [0, 0.05) is 0 Å². The molecule has 29 heavy (non-hydrogen) atoms. The Morgan fingerprint density at radius 2 is 1.10 bits per heavy atom. The lowest BCUT2D eigenvalue weighted by Crippen LogP contribution is -1.94. The van der Waals surface area contributed by atoms with E-state index in [2.05, 4.69) is 63.2 Å². The monoisotopic (exact) mass is 388 g/mol. The molecule has 152 valence electrons. The number of aryl methyl sites for hydroxylation is 3. The van der Waals surface area contributed by atoms with Crippen molar-refractivity contribution in [3.8, 4) is 23.0 Å². The summed E-state index contributed by atoms with van der Waals surface area (Å²) in [6.45, 7) is 6.58. The molecule has 0 aliphatic heterocycles. The van der Waals surface area contributed by atoms with Gasteiger partial charge in [0.05, 0.1) is 0 Å². The maximum absolute atomic E-state index is 6.25. The summed E-state index contributed by atoms with van der Waals surface area (Å²) in [6.07, 6.45) is 6.54. The molecule has 0 aliphatic rings. The molecule has 0 bridgehead atoms. The molecule has 0 atom stereocenters. The van der Waals surface area contributed by atoms with Crippen LogP contribution in [0.4, 0.5) is 0 Å². The van der Waals surface area contributed by atoms with E-state index in [-0.39, 0.29) is 0 Å². The largest absolute Gasteiger partial charge is 0.453 e. The predicted octanol–water partition coefficient (Wildman–Crippen LogP) is 8.13. The van der Waals surface area contributed by atoms with Crippen molar-refractivity contribution in [3.05, 3.63) is 83.4 Å². The summed E-state index contributed by atoms with van der Waals surface area (Å²) in [6, 6.07) is 23.0. The standard InChI is InChI=1S/C27H32O2/c1-4-8-21-13-16-24(17-14-21)28-27-20-23(10-6-3)15-18-26(27)29-25-12-7-11-22(19-25)9-5-2/h7,11-20H,4-6,8-10H2,1-3H3. The van der Waals surface area contributed by atoms with Crippen LogP contribution in [0.25, 0.3) is 0 Å². The molecule has 0 aromatic heterocycles. The smallest absolute Gasteiger partial charge is 0.170 e. The van der Waals surface area contributed by atoms with Crippen molar-refractivity contribution in [2.75, 3.05) is 0 Å². The van der Waals surface area contributed by atoms with Crippen LogP contribution >= 0.6 is 0 Å². The highest BCUT2D eigenvalue weighted by Crippen LogP contribution is 2.36. The maximum atomic E-state index is 6.25. The normalized spacial score (nSPS) is 10.7. The third-order valence-electron chi connectivity index (χ3n) is 4.90. The van der Waals surface area contributed by atoms with E-state index in [4.69, 9.17) is 9.47 Å². The van der Waals surface area contributed by atoms with Gasteiger partial charge in [-0.05, 0) is 72.4 Å². The number of benzene rings is 3. The molecule has 0 aliphatic carbocycles. The van der Waals surface area contributed by atoms with Gasteiger partial charge in [0.15, 0.2) is 11.5 Å². The van der Waals surface area contributed by atoms with Gasteiger partial charge >= 0.3 is 0 Å². The Labute approximate surface area is 175 Å². The Morgan fingerprint density at radius 3 is 1.79 bits per heavy atom. The van der Waals surface area contributed by atoms with Crippen molar-refractivity contribution in [1.29, 1.82) is 0 Å². The van der Waals surface area contributed by atoms with Crippen LogP contribution in [0.5, 0.6) is 23.0 Å². The van der Waals surface area contributed by atoms with E-state index in [1.54, 1.807) is 0 Å². The second-order valence-corrected chi connectivity index (χ2v) is 7.53. The lowest BCUT2D eigenvalue weighted by Gasteiger charge is -2.15. The van der Waals surface area contributed by atoms with Crippen molar-refractivity contribution in [3.63, 3.8) is 0 Å². The van der Waals surface area contributed by atoms with E-state index in [9.17, 15) is 0 Å². The first-order chi connectivity index (χ1) is 14.2. The zero-order chi connectivity index (χ0) is 20.5. The van der Waals surface area contributed by atoms with Crippen LogP contribution in [0.3, 0.4) is 0 Å². The Morgan fingerprint density at radius 1 is 0.517 bits per heavy atom. The fraction of sp³-hybridized carbons (Fsp3) is 0.333. The second-order valence-electron chi connectivity index (χ2n) is 7.53. The molecule has 3 rings (SSSR count). The molecule has 0 saturated heterocycles. The Hall–Kier alpha value is -2.74. The van der Waals surface area contributed by atoms with E-state index < -0.39 is 0 Å². The number of ether oxygens (including phenoxy) is 2. The van der Waals surface area contributed by atoms with Crippen LogP contribution in [0.1, 0.15) is 56.7 Å². The van der Waals surface area contributed by atoms with Crippen LogP contribution in [-0.2, 0) is 19.3 Å². The molecular weight excluding hydrogens is 356 g/mol. The summed E-state index contributed by atoms with van der Waals surface area (Å²) in [7, 11) is 0. The average molecular weight is 389 g/mol. The van der Waals surface area contributed by atoms with Gasteiger partial charge in [0.25, 0.3) is 0 Å². The summed E-state index contributed by atoms with van der Waals surface area (Å²) in [5.74, 6) is 3.20. The summed E-state index contributed by atoms with van der Waals surface area (Å²) >= 11 is 0. The third kappa shape index (κ3) is 6.12. The maximum Gasteiger partial charge on any atom is 0.170 e. The molecule has 0 amide bonds. The van der Waals surface area contributed by atoms with Gasteiger partial charge in [-0.25, -0.2) is 0 Å². The van der Waals surface area contributed by atoms with Crippen LogP contribution in [0.2, 0.25) is 0 Å². The Balaban J connectivity index is 1.85. The highest BCUT2D eigenvalue weighted by atomic mass is 16.5. The van der Waals surface area contributed by atoms with Crippen LogP contribution < -0.4 is 9.47 Å². The SMILES string of the molecule is CCCc1ccc(Oc2cc(CCC)ccc2Oc2cccc(CCC)c2)cc1. The molecule has 2 nitrogen and oxygen atoms in total. The summed E-state index contributed by atoms with van der Waals surface area (Å²) in [5.41, 5.74) is 3.89. The van der Waals surface area contributed by atoms with Crippen molar-refractivity contribution in [2.45, 2.75) is 59.3 Å². The first-order valence-electron chi connectivity index (χ1n) is 10.9. The van der Waals surface area contributed by atoms with Crippen molar-refractivity contribution in [1.82, 2.24) is 0 Å². The predicted molar refractivity (Wildman–Crippen MR) is 121 cm³/mol. The minimum Gasteiger partial charge on any atom is -0.453 e. The summed E-state index contributed by atoms with van der Waals surface area (Å²) in [5, 5.41) is 0. The average Bonchev–Trinajstić information content (AvgIpc) is 2.72. The van der Waals surface area contributed by atoms with E-state index in [0.717, 1.165) is 61.5 Å². The molecule has 0 unspecified atom stereocenters. The van der Waals surface area contributed by atoms with Gasteiger partial charge in [-0.1, -0.05) is 70.4 Å². The van der Waals surface area contributed by atoms with E-state index in [1.165, 1.54) is 16.7 Å². The van der Waals surface area contributed by atoms with Gasteiger partial charge in [0.2, 0.25) is 0 Å². The molecule has 2 heteroatoms. The molecule has 0 radical (unpaired) electrons. The molecule has 0 heterocycles. The highest BCUT2D eigenvalue weighted by Gasteiger charge is 2.10.